The van der Waals surface area contributed by atoms with E-state index in [2.05, 4.69) is 4.98 Å². The Kier molecular flexibility index (Phi) is 7.01. The second kappa shape index (κ2) is 7.52. The smallest absolute Gasteiger partial charge is 0.378 e. The summed E-state index contributed by atoms with van der Waals surface area (Å²) in [5.41, 5.74) is -11.3. The molecule has 0 aliphatic rings. The second-order valence-electron chi connectivity index (χ2n) is 3.97. The van der Waals surface area contributed by atoms with E-state index in [1.807, 2.05) is 34.8 Å². The van der Waals surface area contributed by atoms with Crippen LogP contribution in [-0.4, -0.2) is 46.9 Å². The van der Waals surface area contributed by atoms with Crippen molar-refractivity contribution in [3.63, 3.8) is 0 Å². The molecule has 0 bridgehead atoms. The summed E-state index contributed by atoms with van der Waals surface area (Å²) in [6.45, 7) is 0. The SMILES string of the molecule is CN(C)c1ccncc1.O=S(=O)(OS(=O)(=O)C(F)(F)F)C(F)(F)F. The van der Waals surface area contributed by atoms with Gasteiger partial charge < -0.3 is 4.90 Å². The maximum Gasteiger partial charge on any atom is 0.524 e. The van der Waals surface area contributed by atoms with Gasteiger partial charge >= 0.3 is 31.3 Å². The molecule has 0 fully saturated rings. The molecule has 0 saturated carbocycles. The quantitative estimate of drug-likeness (QED) is 0.561. The van der Waals surface area contributed by atoms with Gasteiger partial charge in [-0.3, -0.25) is 4.98 Å². The number of nitrogens with zero attached hydrogens (tertiary/aromatic N) is 2. The summed E-state index contributed by atoms with van der Waals surface area (Å²) in [5, 5.41) is 0. The van der Waals surface area contributed by atoms with Crippen molar-refractivity contribution in [1.29, 1.82) is 0 Å². The van der Waals surface area contributed by atoms with Crippen LogP contribution in [0.4, 0.5) is 32.0 Å². The van der Waals surface area contributed by atoms with Gasteiger partial charge in [-0.05, 0) is 12.1 Å². The standard InChI is InChI=1S/C7H10N2.C2F6O5S2/c1-9(2)7-3-5-8-6-4-7;3-1(4,5)14(9,10)13-15(11,12)2(6,7)8/h3-6H,1-2H3;. The predicted molar refractivity (Wildman–Crippen MR) is 69.6 cm³/mol. The largest absolute Gasteiger partial charge is 0.524 e. The first-order valence-corrected chi connectivity index (χ1v) is 8.24. The first kappa shape index (κ1) is 22.4. The third kappa shape index (κ3) is 6.48. The lowest BCUT2D eigenvalue weighted by Crippen LogP contribution is -2.34. The zero-order valence-electron chi connectivity index (χ0n) is 11.8. The summed E-state index contributed by atoms with van der Waals surface area (Å²) in [6.07, 6.45) is 3.57. The maximum absolute atomic E-state index is 11.4. The van der Waals surface area contributed by atoms with Gasteiger partial charge in [0.15, 0.2) is 0 Å². The van der Waals surface area contributed by atoms with Crippen LogP contribution in [0.2, 0.25) is 0 Å². The fraction of sp³-hybridized carbons (Fsp3) is 0.444. The third-order valence-corrected chi connectivity index (χ3v) is 4.49. The summed E-state index contributed by atoms with van der Waals surface area (Å²) in [5.74, 6) is 0. The molecule has 1 aromatic rings. The molecule has 7 nitrogen and oxygen atoms in total. The van der Waals surface area contributed by atoms with Crippen molar-refractivity contribution in [3.05, 3.63) is 24.5 Å². The van der Waals surface area contributed by atoms with Gasteiger partial charge in [0.05, 0.1) is 0 Å². The lowest BCUT2D eigenvalue weighted by molar-refractivity contribution is -0.0585. The van der Waals surface area contributed by atoms with Crippen LogP contribution in [0.15, 0.2) is 24.5 Å². The zero-order chi connectivity index (χ0) is 19.4. The fourth-order valence-electron chi connectivity index (χ4n) is 0.837. The van der Waals surface area contributed by atoms with Crippen molar-refractivity contribution < 1.29 is 46.8 Å². The van der Waals surface area contributed by atoms with Crippen LogP contribution >= 0.6 is 0 Å². The molecule has 0 N–H and O–H groups in total. The molecule has 0 atom stereocenters. The highest BCUT2D eigenvalue weighted by molar-refractivity contribution is 8.00. The Labute approximate surface area is 133 Å². The summed E-state index contributed by atoms with van der Waals surface area (Å²) >= 11 is 0. The molecule has 140 valence electrons. The van der Waals surface area contributed by atoms with Crippen molar-refractivity contribution in [2.75, 3.05) is 19.0 Å². The van der Waals surface area contributed by atoms with Crippen LogP contribution in [0.25, 0.3) is 0 Å². The number of alkyl halides is 6. The highest BCUT2D eigenvalue weighted by Gasteiger charge is 2.57. The Morgan fingerprint density at radius 1 is 0.875 bits per heavy atom. The van der Waals surface area contributed by atoms with E-state index in [1.54, 1.807) is 12.4 Å². The molecule has 1 aromatic heterocycles. The minimum atomic E-state index is -6.85. The van der Waals surface area contributed by atoms with E-state index in [4.69, 9.17) is 0 Å². The number of rotatable bonds is 3. The van der Waals surface area contributed by atoms with Crippen LogP contribution in [0.3, 0.4) is 0 Å². The van der Waals surface area contributed by atoms with Crippen LogP contribution < -0.4 is 4.90 Å². The van der Waals surface area contributed by atoms with Crippen LogP contribution in [0.5, 0.6) is 0 Å². The van der Waals surface area contributed by atoms with Gasteiger partial charge in [-0.25, -0.2) is 0 Å². The number of aromatic nitrogens is 1. The summed E-state index contributed by atoms with van der Waals surface area (Å²) in [7, 11) is -9.67. The molecule has 0 aliphatic heterocycles. The van der Waals surface area contributed by atoms with Crippen molar-refractivity contribution in [2.24, 2.45) is 0 Å². The Balaban J connectivity index is 0.000000496. The van der Waals surface area contributed by atoms with Gasteiger partial charge in [-0.2, -0.15) is 43.2 Å². The molecule has 0 saturated heterocycles. The first-order valence-electron chi connectivity index (χ1n) is 5.42. The van der Waals surface area contributed by atoms with E-state index in [-0.39, 0.29) is 0 Å². The van der Waals surface area contributed by atoms with E-state index in [9.17, 15) is 43.2 Å². The molecule has 0 aliphatic carbocycles. The summed E-state index contributed by atoms with van der Waals surface area (Å²) in [4.78, 5) is 5.94. The van der Waals surface area contributed by atoms with Gasteiger partial charge in [0, 0.05) is 32.2 Å². The third-order valence-electron chi connectivity index (χ3n) is 1.93. The van der Waals surface area contributed by atoms with Gasteiger partial charge in [-0.1, -0.05) is 0 Å². The van der Waals surface area contributed by atoms with E-state index >= 15 is 0 Å². The number of anilines is 1. The predicted octanol–water partition coefficient (Wildman–Crippen LogP) is 1.85. The minimum Gasteiger partial charge on any atom is -0.378 e. The van der Waals surface area contributed by atoms with Crippen LogP contribution in [0, 0.1) is 0 Å². The lowest BCUT2D eigenvalue weighted by atomic mass is 10.4. The van der Waals surface area contributed by atoms with Gasteiger partial charge in [-0.15, -0.1) is 3.63 Å². The molecule has 0 spiro atoms. The highest BCUT2D eigenvalue weighted by atomic mass is 32.3. The average molecular weight is 404 g/mol. The van der Waals surface area contributed by atoms with E-state index in [0.29, 0.717) is 0 Å². The molecule has 24 heavy (non-hydrogen) atoms. The molecule has 0 amide bonds. The van der Waals surface area contributed by atoms with Crippen molar-refractivity contribution in [1.82, 2.24) is 4.98 Å². The molecule has 1 rings (SSSR count). The van der Waals surface area contributed by atoms with Crippen molar-refractivity contribution >= 4 is 25.9 Å². The Morgan fingerprint density at radius 2 is 1.21 bits per heavy atom. The fourth-order valence-corrected chi connectivity index (χ4v) is 2.40. The molecular weight excluding hydrogens is 394 g/mol. The van der Waals surface area contributed by atoms with Crippen molar-refractivity contribution in [2.45, 2.75) is 11.0 Å². The normalized spacial score (nSPS) is 13.0. The van der Waals surface area contributed by atoms with Gasteiger partial charge in [0.1, 0.15) is 0 Å². The maximum atomic E-state index is 11.4. The average Bonchev–Trinajstić information content (AvgIpc) is 2.36. The van der Waals surface area contributed by atoms with Crippen molar-refractivity contribution in [3.8, 4) is 0 Å². The number of hydrogen-bond donors (Lipinski definition) is 0. The lowest BCUT2D eigenvalue weighted by Gasteiger charge is -2.10. The van der Waals surface area contributed by atoms with E-state index in [1.165, 1.54) is 5.69 Å². The van der Waals surface area contributed by atoms with Gasteiger partial charge in [0.2, 0.25) is 0 Å². The molecule has 0 unspecified atom stereocenters. The first-order chi connectivity index (χ1) is 10.5. The molecular formula is C9H10F6N2O5S2. The van der Waals surface area contributed by atoms with E-state index < -0.39 is 31.3 Å². The van der Waals surface area contributed by atoms with Gasteiger partial charge in [0.25, 0.3) is 0 Å². The van der Waals surface area contributed by atoms with E-state index in [0.717, 1.165) is 0 Å². The Hall–Kier alpha value is -1.61. The highest BCUT2D eigenvalue weighted by Crippen LogP contribution is 2.32. The molecule has 1 heterocycles. The number of hydrogen-bond acceptors (Lipinski definition) is 7. The summed E-state index contributed by atoms with van der Waals surface area (Å²) in [6, 6.07) is 3.94. The van der Waals surface area contributed by atoms with Crippen LogP contribution in [-0.2, 0) is 23.9 Å². The Bertz CT molecular complexity index is 686. The minimum absolute atomic E-state index is 1.19. The Morgan fingerprint density at radius 3 is 1.42 bits per heavy atom. The number of pyridine rings is 1. The monoisotopic (exact) mass is 404 g/mol. The molecule has 15 heteroatoms. The molecule has 0 radical (unpaired) electrons. The topological polar surface area (TPSA) is 93.6 Å². The zero-order valence-corrected chi connectivity index (χ0v) is 13.5. The second-order valence-corrected chi connectivity index (χ2v) is 7.25. The number of halogens is 6. The molecule has 0 aromatic carbocycles. The summed E-state index contributed by atoms with van der Waals surface area (Å²) < 4.78 is 110. The van der Waals surface area contributed by atoms with Crippen LogP contribution in [0.1, 0.15) is 0 Å².